The quantitative estimate of drug-likeness (QED) is 0.914. The number of hydrogen-bond acceptors (Lipinski definition) is 3. The van der Waals surface area contributed by atoms with Crippen molar-refractivity contribution < 1.29 is 13.2 Å². The zero-order valence-electron chi connectivity index (χ0n) is 12.3. The number of carbonyl (C=O) groups excluding carboxylic acids is 1. The van der Waals surface area contributed by atoms with Crippen molar-refractivity contribution in [1.29, 1.82) is 0 Å². The van der Waals surface area contributed by atoms with Gasteiger partial charge in [-0.2, -0.15) is 0 Å². The Balaban J connectivity index is 1.94. The van der Waals surface area contributed by atoms with Gasteiger partial charge in [-0.15, -0.1) is 0 Å². The summed E-state index contributed by atoms with van der Waals surface area (Å²) in [7, 11) is -3.65. The zero-order chi connectivity index (χ0) is 15.9. The minimum atomic E-state index is -3.65. The van der Waals surface area contributed by atoms with E-state index in [9.17, 15) is 13.2 Å². The normalized spacial score (nSPS) is 13.6. The van der Waals surface area contributed by atoms with Crippen molar-refractivity contribution in [1.82, 2.24) is 0 Å². The molecule has 0 saturated heterocycles. The molecule has 2 N–H and O–H groups in total. The van der Waals surface area contributed by atoms with E-state index >= 15 is 0 Å². The molecule has 0 bridgehead atoms. The lowest BCUT2D eigenvalue weighted by atomic mass is 10.1. The first-order chi connectivity index (χ1) is 10.3. The van der Waals surface area contributed by atoms with Gasteiger partial charge in [-0.1, -0.05) is 12.1 Å². The Morgan fingerprint density at radius 3 is 2.64 bits per heavy atom. The lowest BCUT2D eigenvalue weighted by Crippen LogP contribution is -2.14. The van der Waals surface area contributed by atoms with E-state index < -0.39 is 10.0 Å². The average molecular weight is 316 g/mol. The van der Waals surface area contributed by atoms with Crippen molar-refractivity contribution in [2.24, 2.45) is 0 Å². The van der Waals surface area contributed by atoms with Crippen molar-refractivity contribution in [3.05, 3.63) is 53.1 Å². The van der Waals surface area contributed by atoms with Crippen molar-refractivity contribution in [2.45, 2.75) is 25.2 Å². The molecule has 22 heavy (non-hydrogen) atoms. The van der Waals surface area contributed by atoms with Gasteiger partial charge in [0.25, 0.3) is 10.0 Å². The maximum atomic E-state index is 12.5. The lowest BCUT2D eigenvalue weighted by molar-refractivity contribution is -0.115. The average Bonchev–Trinajstić information content (AvgIpc) is 2.80. The molecule has 1 amide bonds. The van der Waals surface area contributed by atoms with Gasteiger partial charge in [0.15, 0.2) is 0 Å². The maximum Gasteiger partial charge on any atom is 0.262 e. The van der Waals surface area contributed by atoms with Crippen molar-refractivity contribution in [3.63, 3.8) is 0 Å². The molecular formula is C16H16N2O3S. The molecule has 0 spiro atoms. The zero-order valence-corrected chi connectivity index (χ0v) is 13.1. The van der Waals surface area contributed by atoms with Gasteiger partial charge >= 0.3 is 0 Å². The second-order valence-electron chi connectivity index (χ2n) is 5.47. The molecule has 0 aromatic heterocycles. The number of amides is 1. The maximum absolute atomic E-state index is 12.5. The molecule has 5 nitrogen and oxygen atoms in total. The highest BCUT2D eigenvalue weighted by Gasteiger charge is 2.20. The summed E-state index contributed by atoms with van der Waals surface area (Å²) in [6, 6.07) is 10.4. The molecule has 0 fully saturated rings. The van der Waals surface area contributed by atoms with Crippen LogP contribution in [-0.4, -0.2) is 14.3 Å². The van der Waals surface area contributed by atoms with Gasteiger partial charge < -0.3 is 5.32 Å². The molecule has 1 heterocycles. The Labute approximate surface area is 129 Å². The first-order valence-corrected chi connectivity index (χ1v) is 8.36. The molecule has 1 aliphatic heterocycles. The summed E-state index contributed by atoms with van der Waals surface area (Å²) in [6.45, 7) is 3.62. The number of nitrogens with one attached hydrogen (secondary N) is 2. The van der Waals surface area contributed by atoms with Crippen LogP contribution in [-0.2, 0) is 21.2 Å². The van der Waals surface area contributed by atoms with Crippen LogP contribution >= 0.6 is 0 Å². The summed E-state index contributed by atoms with van der Waals surface area (Å²) < 4.78 is 27.7. The van der Waals surface area contributed by atoms with Gasteiger partial charge in [0, 0.05) is 11.4 Å². The van der Waals surface area contributed by atoms with Gasteiger partial charge in [0.1, 0.15) is 0 Å². The van der Waals surface area contributed by atoms with Crippen LogP contribution in [0.5, 0.6) is 0 Å². The summed E-state index contributed by atoms with van der Waals surface area (Å²) in [4.78, 5) is 11.6. The fourth-order valence-corrected chi connectivity index (χ4v) is 3.88. The van der Waals surface area contributed by atoms with Crippen LogP contribution in [0.4, 0.5) is 11.4 Å². The van der Waals surface area contributed by atoms with Crippen molar-refractivity contribution >= 4 is 27.3 Å². The first-order valence-electron chi connectivity index (χ1n) is 6.88. The highest BCUT2D eigenvalue weighted by atomic mass is 32.2. The van der Waals surface area contributed by atoms with Crippen LogP contribution in [0.1, 0.15) is 16.7 Å². The van der Waals surface area contributed by atoms with E-state index in [1.54, 1.807) is 37.3 Å². The molecule has 114 valence electrons. The summed E-state index contributed by atoms with van der Waals surface area (Å²) >= 11 is 0. The Morgan fingerprint density at radius 1 is 1.09 bits per heavy atom. The molecule has 0 saturated carbocycles. The van der Waals surface area contributed by atoms with Crippen molar-refractivity contribution in [3.8, 4) is 0 Å². The molecule has 0 aliphatic carbocycles. The number of carbonyl (C=O) groups is 1. The van der Waals surface area contributed by atoms with Crippen LogP contribution in [0.15, 0.2) is 41.3 Å². The molecular weight excluding hydrogens is 300 g/mol. The summed E-state index contributed by atoms with van der Waals surface area (Å²) in [5.74, 6) is -0.0791. The highest BCUT2D eigenvalue weighted by molar-refractivity contribution is 7.92. The molecule has 0 unspecified atom stereocenters. The standard InChI is InChI=1S/C16H16N2O3S/c1-10-3-4-11(2)15(7-10)22(20,21)18-13-5-6-14-12(8-13)9-16(19)17-14/h3-8,18H,9H2,1-2H3,(H,17,19). The molecule has 6 heteroatoms. The van der Waals surface area contributed by atoms with Crippen LogP contribution < -0.4 is 10.0 Å². The van der Waals surface area contributed by atoms with Crippen LogP contribution in [0.3, 0.4) is 0 Å². The summed E-state index contributed by atoms with van der Waals surface area (Å²) in [6.07, 6.45) is 0.272. The van der Waals surface area contributed by atoms with Crippen LogP contribution in [0.25, 0.3) is 0 Å². The second-order valence-corrected chi connectivity index (χ2v) is 7.12. The summed E-state index contributed by atoms with van der Waals surface area (Å²) in [5, 5.41) is 2.72. The Morgan fingerprint density at radius 2 is 1.86 bits per heavy atom. The fourth-order valence-electron chi connectivity index (χ4n) is 2.50. The molecule has 2 aromatic carbocycles. The van der Waals surface area contributed by atoms with Gasteiger partial charge in [-0.25, -0.2) is 8.42 Å². The van der Waals surface area contributed by atoms with E-state index in [0.717, 1.165) is 16.8 Å². The molecule has 2 aromatic rings. The Bertz CT molecular complexity index is 873. The molecule has 0 atom stereocenters. The number of rotatable bonds is 3. The topological polar surface area (TPSA) is 75.3 Å². The predicted octanol–water partition coefficient (Wildman–Crippen LogP) is 2.60. The third kappa shape index (κ3) is 2.69. The number of anilines is 2. The van der Waals surface area contributed by atoms with Crippen LogP contribution in [0, 0.1) is 13.8 Å². The molecule has 0 radical (unpaired) electrons. The third-order valence-corrected chi connectivity index (χ3v) is 5.14. The van der Waals surface area contributed by atoms with Crippen LogP contribution in [0.2, 0.25) is 0 Å². The van der Waals surface area contributed by atoms with E-state index in [1.165, 1.54) is 0 Å². The third-order valence-electron chi connectivity index (χ3n) is 3.62. The number of hydrogen-bond donors (Lipinski definition) is 2. The van der Waals surface area contributed by atoms with Gasteiger partial charge in [0.05, 0.1) is 11.3 Å². The SMILES string of the molecule is Cc1ccc(C)c(S(=O)(=O)Nc2ccc3c(c2)CC(=O)N3)c1. The van der Waals surface area contributed by atoms with Crippen molar-refractivity contribution in [2.75, 3.05) is 10.0 Å². The van der Waals surface area contributed by atoms with E-state index in [2.05, 4.69) is 10.0 Å². The Kier molecular flexibility index (Phi) is 3.41. The summed E-state index contributed by atoms with van der Waals surface area (Å²) in [5.41, 5.74) is 3.56. The van der Waals surface area contributed by atoms with Gasteiger partial charge in [0.2, 0.25) is 5.91 Å². The van der Waals surface area contributed by atoms with Gasteiger partial charge in [-0.05, 0) is 54.8 Å². The minimum absolute atomic E-state index is 0.0791. The fraction of sp³-hybridized carbons (Fsp3) is 0.188. The predicted molar refractivity (Wildman–Crippen MR) is 85.5 cm³/mol. The van der Waals surface area contributed by atoms with Gasteiger partial charge in [-0.3, -0.25) is 9.52 Å². The second kappa shape index (κ2) is 5.14. The number of sulfonamides is 1. The van der Waals surface area contributed by atoms with E-state index in [0.29, 0.717) is 11.3 Å². The number of aryl methyl sites for hydroxylation is 2. The first kappa shape index (κ1) is 14.6. The minimum Gasteiger partial charge on any atom is -0.326 e. The van der Waals surface area contributed by atoms with E-state index in [-0.39, 0.29) is 17.2 Å². The largest absolute Gasteiger partial charge is 0.326 e. The number of fused-ring (bicyclic) bond motifs is 1. The monoisotopic (exact) mass is 316 g/mol. The van der Waals surface area contributed by atoms with E-state index in [1.807, 2.05) is 13.0 Å². The van der Waals surface area contributed by atoms with E-state index in [4.69, 9.17) is 0 Å². The lowest BCUT2D eigenvalue weighted by Gasteiger charge is -2.12. The number of benzene rings is 2. The molecule has 1 aliphatic rings. The molecule has 3 rings (SSSR count). The Hall–Kier alpha value is -2.34. The highest BCUT2D eigenvalue weighted by Crippen LogP contribution is 2.28. The smallest absolute Gasteiger partial charge is 0.262 e.